The van der Waals surface area contributed by atoms with Gasteiger partial charge in [0.2, 0.25) is 5.91 Å². The SMILES string of the molecule is CC=CC(SCC(=O)Nc1cc(C(=O)Nc2nccs2)ccc1C(=O)OC)C(C(C)CC)C(C)(C)Cl. The Bertz CT molecular complexity index is 1070. The number of methoxy groups -OCH3 is 1. The second kappa shape index (κ2) is 13.8. The molecule has 0 aliphatic rings. The van der Waals surface area contributed by atoms with Crippen molar-refractivity contribution in [1.29, 1.82) is 0 Å². The summed E-state index contributed by atoms with van der Waals surface area (Å²) in [4.78, 5) is 41.5. The number of ether oxygens (including phenoxy) is 1. The molecule has 3 atom stereocenters. The number of hydrogen-bond donors (Lipinski definition) is 2. The van der Waals surface area contributed by atoms with E-state index in [1.807, 2.05) is 26.8 Å². The molecule has 0 bridgehead atoms. The van der Waals surface area contributed by atoms with E-state index >= 15 is 0 Å². The van der Waals surface area contributed by atoms with Crippen LogP contribution in [0.1, 0.15) is 61.8 Å². The monoisotopic (exact) mass is 551 g/mol. The number of benzene rings is 1. The van der Waals surface area contributed by atoms with Gasteiger partial charge in [0.15, 0.2) is 5.13 Å². The van der Waals surface area contributed by atoms with Gasteiger partial charge >= 0.3 is 5.97 Å². The predicted octanol–water partition coefficient (Wildman–Crippen LogP) is 6.48. The molecule has 0 spiro atoms. The number of nitrogens with one attached hydrogen (secondary N) is 2. The third-order valence-electron chi connectivity index (χ3n) is 5.81. The highest BCUT2D eigenvalue weighted by Crippen LogP contribution is 2.40. The van der Waals surface area contributed by atoms with Gasteiger partial charge < -0.3 is 10.1 Å². The first-order valence-corrected chi connectivity index (χ1v) is 14.0. The molecule has 10 heteroatoms. The minimum absolute atomic E-state index is 0.0266. The highest BCUT2D eigenvalue weighted by atomic mass is 35.5. The minimum Gasteiger partial charge on any atom is -0.465 e. The second-order valence-corrected chi connectivity index (χ2v) is 11.9. The van der Waals surface area contributed by atoms with Crippen molar-refractivity contribution in [3.05, 3.63) is 53.1 Å². The fraction of sp³-hybridized carbons (Fsp3) is 0.462. The molecular formula is C26H34ClN3O4S2. The maximum absolute atomic E-state index is 13.0. The predicted molar refractivity (Wildman–Crippen MR) is 150 cm³/mol. The summed E-state index contributed by atoms with van der Waals surface area (Å²) in [5.74, 6) is -0.676. The Hall–Kier alpha value is -2.36. The van der Waals surface area contributed by atoms with Crippen molar-refractivity contribution in [2.45, 2.75) is 51.2 Å². The fourth-order valence-electron chi connectivity index (χ4n) is 4.00. The average Bonchev–Trinajstić information content (AvgIpc) is 3.34. The number of rotatable bonds is 12. The maximum Gasteiger partial charge on any atom is 0.339 e. The van der Waals surface area contributed by atoms with E-state index in [9.17, 15) is 14.4 Å². The minimum atomic E-state index is -0.614. The van der Waals surface area contributed by atoms with Crippen molar-refractivity contribution in [3.8, 4) is 0 Å². The number of nitrogens with zero attached hydrogens (tertiary/aromatic N) is 1. The van der Waals surface area contributed by atoms with Gasteiger partial charge in [-0.3, -0.25) is 14.9 Å². The third-order valence-corrected chi connectivity index (χ3v) is 8.01. The van der Waals surface area contributed by atoms with E-state index in [1.54, 1.807) is 11.6 Å². The molecule has 1 heterocycles. The van der Waals surface area contributed by atoms with Gasteiger partial charge in [-0.1, -0.05) is 32.4 Å². The van der Waals surface area contributed by atoms with Crippen LogP contribution >= 0.6 is 34.7 Å². The number of aromatic nitrogens is 1. The van der Waals surface area contributed by atoms with Crippen LogP contribution in [0.5, 0.6) is 0 Å². The van der Waals surface area contributed by atoms with Gasteiger partial charge in [-0.2, -0.15) is 0 Å². The molecule has 1 aromatic heterocycles. The molecule has 0 saturated heterocycles. The van der Waals surface area contributed by atoms with E-state index in [1.165, 1.54) is 48.4 Å². The molecule has 0 aliphatic heterocycles. The Kier molecular flexibility index (Phi) is 11.5. The molecule has 0 radical (unpaired) electrons. The van der Waals surface area contributed by atoms with Gasteiger partial charge in [-0.15, -0.1) is 34.7 Å². The lowest BCUT2D eigenvalue weighted by Gasteiger charge is -2.38. The van der Waals surface area contributed by atoms with Gasteiger partial charge in [0.25, 0.3) is 5.91 Å². The Morgan fingerprint density at radius 2 is 2.00 bits per heavy atom. The first-order chi connectivity index (χ1) is 17.0. The van der Waals surface area contributed by atoms with Crippen LogP contribution in [0, 0.1) is 11.8 Å². The number of carbonyl (C=O) groups is 3. The van der Waals surface area contributed by atoms with Crippen LogP contribution in [0.2, 0.25) is 0 Å². The Labute approximate surface area is 226 Å². The summed E-state index contributed by atoms with van der Waals surface area (Å²) in [7, 11) is 1.26. The van der Waals surface area contributed by atoms with E-state index < -0.39 is 16.8 Å². The highest BCUT2D eigenvalue weighted by Gasteiger charge is 2.36. The first-order valence-electron chi connectivity index (χ1n) is 11.7. The summed E-state index contributed by atoms with van der Waals surface area (Å²) in [6.45, 7) is 10.3. The summed E-state index contributed by atoms with van der Waals surface area (Å²) < 4.78 is 4.85. The van der Waals surface area contributed by atoms with Crippen LogP contribution < -0.4 is 10.6 Å². The number of alkyl halides is 1. The van der Waals surface area contributed by atoms with Crippen LogP contribution in [0.4, 0.5) is 10.8 Å². The fourth-order valence-corrected chi connectivity index (χ4v) is 6.45. The standard InChI is InChI=1S/C26H34ClN3O4S2/c1-7-9-20(22(16(3)8-2)26(4,5)27)36-15-21(31)29-19-14-17(10-11-18(19)24(33)34-6)23(32)30-25-28-12-13-35-25/h7,9-14,16,20,22H,8,15H2,1-6H3,(H,29,31)(H,28,30,32). The topological polar surface area (TPSA) is 97.4 Å². The zero-order valence-electron chi connectivity index (χ0n) is 21.5. The molecule has 0 saturated carbocycles. The number of esters is 1. The number of thiazole rings is 1. The molecule has 0 aliphatic carbocycles. The summed E-state index contributed by atoms with van der Waals surface area (Å²) in [5, 5.41) is 7.71. The number of allylic oxidation sites excluding steroid dienone is 1. The van der Waals surface area contributed by atoms with Crippen LogP contribution in [0.3, 0.4) is 0 Å². The van der Waals surface area contributed by atoms with Gasteiger partial charge in [0, 0.05) is 27.3 Å². The number of anilines is 2. The normalized spacial score (nSPS) is 14.2. The van der Waals surface area contributed by atoms with Crippen LogP contribution in [0.25, 0.3) is 0 Å². The second-order valence-electron chi connectivity index (χ2n) is 8.87. The van der Waals surface area contributed by atoms with E-state index in [0.717, 1.165) is 6.42 Å². The Balaban J connectivity index is 2.22. The van der Waals surface area contributed by atoms with E-state index in [4.69, 9.17) is 16.3 Å². The van der Waals surface area contributed by atoms with Crippen molar-refractivity contribution in [2.75, 3.05) is 23.5 Å². The first kappa shape index (κ1) is 29.9. The molecule has 2 amide bonds. The molecule has 36 heavy (non-hydrogen) atoms. The van der Waals surface area contributed by atoms with Crippen molar-refractivity contribution in [2.24, 2.45) is 11.8 Å². The van der Waals surface area contributed by atoms with Gasteiger partial charge in [-0.25, -0.2) is 9.78 Å². The smallest absolute Gasteiger partial charge is 0.339 e. The summed E-state index contributed by atoms with van der Waals surface area (Å²) in [6, 6.07) is 4.43. The number of hydrogen-bond acceptors (Lipinski definition) is 7. The molecule has 3 unspecified atom stereocenters. The van der Waals surface area contributed by atoms with Crippen molar-refractivity contribution < 1.29 is 19.1 Å². The maximum atomic E-state index is 13.0. The average molecular weight is 552 g/mol. The lowest BCUT2D eigenvalue weighted by molar-refractivity contribution is -0.113. The van der Waals surface area contributed by atoms with Crippen molar-refractivity contribution in [3.63, 3.8) is 0 Å². The number of halogens is 1. The van der Waals surface area contributed by atoms with E-state index in [-0.39, 0.29) is 39.6 Å². The van der Waals surface area contributed by atoms with E-state index in [2.05, 4.69) is 35.5 Å². The summed E-state index contributed by atoms with van der Waals surface area (Å²) in [6.07, 6.45) is 6.62. The highest BCUT2D eigenvalue weighted by molar-refractivity contribution is 8.00. The molecule has 1 aromatic carbocycles. The molecule has 2 N–H and O–H groups in total. The summed E-state index contributed by atoms with van der Waals surface area (Å²) >= 11 is 9.57. The zero-order valence-corrected chi connectivity index (χ0v) is 23.9. The molecule has 196 valence electrons. The molecule has 7 nitrogen and oxygen atoms in total. The number of amides is 2. The quantitative estimate of drug-likeness (QED) is 0.178. The van der Waals surface area contributed by atoms with Crippen LogP contribution in [-0.2, 0) is 9.53 Å². The van der Waals surface area contributed by atoms with Gasteiger partial charge in [-0.05, 0) is 50.8 Å². The van der Waals surface area contributed by atoms with Crippen LogP contribution in [0.15, 0.2) is 41.9 Å². The van der Waals surface area contributed by atoms with Gasteiger partial charge in [0.1, 0.15) is 0 Å². The van der Waals surface area contributed by atoms with Gasteiger partial charge in [0.05, 0.1) is 24.1 Å². The Morgan fingerprint density at radius 1 is 1.28 bits per heavy atom. The molecular weight excluding hydrogens is 518 g/mol. The summed E-state index contributed by atoms with van der Waals surface area (Å²) in [5.41, 5.74) is 0.636. The van der Waals surface area contributed by atoms with Crippen LogP contribution in [-0.4, -0.2) is 45.8 Å². The molecule has 2 rings (SSSR count). The van der Waals surface area contributed by atoms with E-state index in [0.29, 0.717) is 11.0 Å². The van der Waals surface area contributed by atoms with Crippen molar-refractivity contribution in [1.82, 2.24) is 4.98 Å². The third kappa shape index (κ3) is 8.35. The lowest BCUT2D eigenvalue weighted by atomic mass is 9.79. The lowest BCUT2D eigenvalue weighted by Crippen LogP contribution is -2.38. The zero-order chi connectivity index (χ0) is 26.9. The van der Waals surface area contributed by atoms with Crippen molar-refractivity contribution >= 4 is 63.3 Å². The molecule has 0 fully saturated rings. The Morgan fingerprint density at radius 3 is 2.56 bits per heavy atom. The number of thioether (sulfide) groups is 1. The number of carbonyl (C=O) groups excluding carboxylic acids is 3. The molecule has 2 aromatic rings. The largest absolute Gasteiger partial charge is 0.465 e.